The van der Waals surface area contributed by atoms with Gasteiger partial charge < -0.3 is 28.3 Å². The Balaban J connectivity index is 1.97. The van der Waals surface area contributed by atoms with Crippen molar-refractivity contribution in [2.45, 2.75) is 56.1 Å². The van der Waals surface area contributed by atoms with Crippen LogP contribution in [0.5, 0.6) is 0 Å². The first-order chi connectivity index (χ1) is 17.2. The second kappa shape index (κ2) is 13.2. The van der Waals surface area contributed by atoms with Crippen LogP contribution >= 0.6 is 11.6 Å². The summed E-state index contributed by atoms with van der Waals surface area (Å²) in [7, 11) is -0.713. The van der Waals surface area contributed by atoms with Crippen LogP contribution in [0.2, 0.25) is 5.02 Å². The van der Waals surface area contributed by atoms with Gasteiger partial charge in [-0.1, -0.05) is 11.6 Å². The molecule has 0 spiro atoms. The fourth-order valence-electron chi connectivity index (χ4n) is 3.92. The molecular formula is C22H34ClN5O7S. The van der Waals surface area contributed by atoms with Gasteiger partial charge in [0.2, 0.25) is 0 Å². The van der Waals surface area contributed by atoms with Crippen molar-refractivity contribution in [1.82, 2.24) is 24.7 Å². The Labute approximate surface area is 216 Å². The zero-order valence-electron chi connectivity index (χ0n) is 21.2. The summed E-state index contributed by atoms with van der Waals surface area (Å²) < 4.78 is 57.2. The van der Waals surface area contributed by atoms with Gasteiger partial charge in [0.05, 0.1) is 55.5 Å². The zero-order chi connectivity index (χ0) is 26.3. The molecule has 0 saturated carbocycles. The summed E-state index contributed by atoms with van der Waals surface area (Å²) in [4.78, 5) is 8.41. The van der Waals surface area contributed by atoms with Crippen LogP contribution in [0.15, 0.2) is 12.4 Å². The van der Waals surface area contributed by atoms with E-state index in [1.807, 2.05) is 13.8 Å². The minimum Gasteiger partial charge on any atom is -0.382 e. The average Bonchev–Trinajstić information content (AvgIpc) is 3.25. The smallest absolute Gasteiger partial charge is 0.165 e. The Morgan fingerprint density at radius 3 is 2.33 bits per heavy atom. The number of sulfone groups is 1. The minimum atomic E-state index is -3.83. The summed E-state index contributed by atoms with van der Waals surface area (Å²) >= 11 is 5.92. The third-order valence-corrected chi connectivity index (χ3v) is 7.85. The van der Waals surface area contributed by atoms with Crippen molar-refractivity contribution in [2.24, 2.45) is 0 Å². The van der Waals surface area contributed by atoms with E-state index >= 15 is 0 Å². The topological polar surface area (TPSA) is 137 Å². The molecular weight excluding hydrogens is 514 g/mol. The quantitative estimate of drug-likeness (QED) is 0.364. The molecule has 3 rings (SSSR count). The first-order valence-electron chi connectivity index (χ1n) is 11.6. The number of methoxy groups -OCH3 is 2. The molecule has 0 aliphatic carbocycles. The van der Waals surface area contributed by atoms with Crippen LogP contribution in [0.25, 0.3) is 0 Å². The van der Waals surface area contributed by atoms with Crippen molar-refractivity contribution < 1.29 is 32.1 Å². The fraction of sp³-hybridized carbons (Fsp3) is 0.727. The molecule has 0 unspecified atom stereocenters. The molecule has 2 aromatic rings. The van der Waals surface area contributed by atoms with E-state index in [9.17, 15) is 8.42 Å². The molecule has 202 valence electrons. The molecule has 1 aliphatic heterocycles. The van der Waals surface area contributed by atoms with E-state index in [1.54, 1.807) is 25.7 Å². The molecule has 3 atom stereocenters. The Morgan fingerprint density at radius 1 is 1.11 bits per heavy atom. The van der Waals surface area contributed by atoms with Crippen LogP contribution in [-0.4, -0.2) is 91.8 Å². The minimum absolute atomic E-state index is 0.232. The molecule has 0 N–H and O–H groups in total. The summed E-state index contributed by atoms with van der Waals surface area (Å²) in [5, 5.41) is 7.89. The lowest BCUT2D eigenvalue weighted by atomic mass is 10.2. The maximum atomic E-state index is 13.7. The molecule has 1 fully saturated rings. The van der Waals surface area contributed by atoms with Gasteiger partial charge in [0.1, 0.15) is 23.8 Å². The standard InChI is InChI=1S/C22H34ClN5O7S/c1-14(2)35-20(21-24-8-16(23)9-25-21)15(3)36(29,30)13-19-26-27-22(18-12-33-6-7-34-18)28(19)17(10-31-4)11-32-5/h8-9,14-15,17-18,20H,6-7,10-13H2,1-5H3/t15-,18+,20+/m0/s1. The molecule has 0 aromatic carbocycles. The van der Waals surface area contributed by atoms with Gasteiger partial charge in [-0.2, -0.15) is 0 Å². The van der Waals surface area contributed by atoms with Crippen molar-refractivity contribution in [3.8, 4) is 0 Å². The van der Waals surface area contributed by atoms with Gasteiger partial charge in [0.15, 0.2) is 21.5 Å². The zero-order valence-corrected chi connectivity index (χ0v) is 22.7. The molecule has 0 radical (unpaired) electrons. The SMILES string of the molecule is COCC(COC)n1c(CS(=O)(=O)[C@@H](C)[C@@H](OC(C)C)c2ncc(Cl)cn2)nnc1[C@H]1COCCO1. The Bertz CT molecular complexity index is 1060. The van der Waals surface area contributed by atoms with E-state index in [4.69, 9.17) is 35.3 Å². The van der Waals surface area contributed by atoms with E-state index in [1.165, 1.54) is 12.4 Å². The first-order valence-corrected chi connectivity index (χ1v) is 13.7. The number of hydrogen-bond donors (Lipinski definition) is 0. The molecule has 0 amide bonds. The van der Waals surface area contributed by atoms with E-state index < -0.39 is 33.0 Å². The third-order valence-electron chi connectivity index (χ3n) is 5.62. The van der Waals surface area contributed by atoms with Gasteiger partial charge in [-0.25, -0.2) is 18.4 Å². The van der Waals surface area contributed by atoms with Crippen molar-refractivity contribution in [2.75, 3.05) is 47.3 Å². The molecule has 14 heteroatoms. The van der Waals surface area contributed by atoms with Crippen molar-refractivity contribution in [3.05, 3.63) is 34.9 Å². The van der Waals surface area contributed by atoms with E-state index in [-0.39, 0.29) is 43.6 Å². The van der Waals surface area contributed by atoms with Gasteiger partial charge in [0.25, 0.3) is 0 Å². The van der Waals surface area contributed by atoms with Gasteiger partial charge >= 0.3 is 0 Å². The van der Waals surface area contributed by atoms with Crippen LogP contribution < -0.4 is 0 Å². The lowest BCUT2D eigenvalue weighted by Crippen LogP contribution is -2.33. The number of hydrogen-bond acceptors (Lipinski definition) is 11. The van der Waals surface area contributed by atoms with Gasteiger partial charge in [-0.05, 0) is 20.8 Å². The molecule has 2 aromatic heterocycles. The highest BCUT2D eigenvalue weighted by molar-refractivity contribution is 7.91. The second-order valence-electron chi connectivity index (χ2n) is 8.72. The molecule has 1 aliphatic rings. The summed E-state index contributed by atoms with van der Waals surface area (Å²) in [6, 6.07) is -0.377. The molecule has 0 bridgehead atoms. The van der Waals surface area contributed by atoms with Gasteiger partial charge in [-0.3, -0.25) is 0 Å². The lowest BCUT2D eigenvalue weighted by molar-refractivity contribution is -0.0958. The third kappa shape index (κ3) is 7.18. The molecule has 1 saturated heterocycles. The van der Waals surface area contributed by atoms with Crippen LogP contribution in [-0.2, 0) is 39.3 Å². The van der Waals surface area contributed by atoms with E-state index in [0.29, 0.717) is 24.1 Å². The predicted molar refractivity (Wildman–Crippen MR) is 130 cm³/mol. The highest BCUT2D eigenvalue weighted by Gasteiger charge is 2.37. The Morgan fingerprint density at radius 2 is 1.78 bits per heavy atom. The first kappa shape index (κ1) is 28.8. The van der Waals surface area contributed by atoms with E-state index in [2.05, 4.69) is 20.2 Å². The van der Waals surface area contributed by atoms with Gasteiger partial charge in [-0.15, -0.1) is 10.2 Å². The van der Waals surface area contributed by atoms with Crippen molar-refractivity contribution in [1.29, 1.82) is 0 Å². The number of rotatable bonds is 13. The summed E-state index contributed by atoms with van der Waals surface area (Å²) in [5.41, 5.74) is 0. The number of halogens is 1. The average molecular weight is 548 g/mol. The maximum Gasteiger partial charge on any atom is 0.165 e. The normalized spacial score (nSPS) is 18.6. The molecule has 3 heterocycles. The molecule has 36 heavy (non-hydrogen) atoms. The van der Waals surface area contributed by atoms with Crippen LogP contribution in [0.3, 0.4) is 0 Å². The predicted octanol–water partition coefficient (Wildman–Crippen LogP) is 2.11. The second-order valence-corrected chi connectivity index (χ2v) is 11.5. The van der Waals surface area contributed by atoms with Crippen LogP contribution in [0, 0.1) is 0 Å². The largest absolute Gasteiger partial charge is 0.382 e. The summed E-state index contributed by atoms with van der Waals surface area (Å²) in [6.07, 6.45) is 1.16. The van der Waals surface area contributed by atoms with Crippen molar-refractivity contribution >= 4 is 21.4 Å². The highest BCUT2D eigenvalue weighted by atomic mass is 35.5. The highest BCUT2D eigenvalue weighted by Crippen LogP contribution is 2.30. The van der Waals surface area contributed by atoms with Gasteiger partial charge in [0, 0.05) is 26.6 Å². The lowest BCUT2D eigenvalue weighted by Gasteiger charge is -2.27. The molecule has 12 nitrogen and oxygen atoms in total. The summed E-state index contributed by atoms with van der Waals surface area (Å²) in [6.45, 7) is 6.88. The van der Waals surface area contributed by atoms with Crippen molar-refractivity contribution in [3.63, 3.8) is 0 Å². The Hall–Kier alpha value is -1.74. The number of nitrogens with zero attached hydrogens (tertiary/aromatic N) is 5. The summed E-state index contributed by atoms with van der Waals surface area (Å²) in [5.74, 6) is 0.536. The monoisotopic (exact) mass is 547 g/mol. The maximum absolute atomic E-state index is 13.7. The van der Waals surface area contributed by atoms with E-state index in [0.717, 1.165) is 0 Å². The van der Waals surface area contributed by atoms with Crippen LogP contribution in [0.4, 0.5) is 0 Å². The fourth-order valence-corrected chi connectivity index (χ4v) is 5.40. The number of aromatic nitrogens is 5. The Kier molecular flexibility index (Phi) is 10.5. The number of ether oxygens (including phenoxy) is 5. The van der Waals surface area contributed by atoms with Crippen LogP contribution in [0.1, 0.15) is 56.5 Å².